The third kappa shape index (κ3) is 1.13. The van der Waals surface area contributed by atoms with E-state index in [0.29, 0.717) is 0 Å². The number of hydrogen-bond acceptors (Lipinski definition) is 0. The third-order valence-electron chi connectivity index (χ3n) is 4.22. The summed E-state index contributed by atoms with van der Waals surface area (Å²) in [4.78, 5) is 0. The van der Waals surface area contributed by atoms with E-state index in [1.807, 2.05) is 0 Å². The number of rotatable bonds is 0. The highest BCUT2D eigenvalue weighted by molar-refractivity contribution is 5.30. The van der Waals surface area contributed by atoms with Gasteiger partial charge in [0.15, 0.2) is 11.3 Å². The molecule has 1 saturated carbocycles. The fourth-order valence-electron chi connectivity index (χ4n) is 2.06. The van der Waals surface area contributed by atoms with Crippen LogP contribution in [-0.4, -0.2) is 34.5 Å². The summed E-state index contributed by atoms with van der Waals surface area (Å²) in [7, 11) is 0. The quantitative estimate of drug-likeness (QED) is 0.585. The molecule has 0 aromatic heterocycles. The lowest BCUT2D eigenvalue weighted by atomic mass is 9.58. The second-order valence-corrected chi connectivity index (χ2v) is 5.16. The van der Waals surface area contributed by atoms with Crippen molar-refractivity contribution in [2.24, 2.45) is 0 Å². The lowest BCUT2D eigenvalue weighted by molar-refractivity contribution is -0.400. The molecule has 0 aromatic rings. The Morgan fingerprint density at radius 1 is 0.389 bits per heavy atom. The first-order valence-electron chi connectivity index (χ1n) is 5.01. The van der Waals surface area contributed by atoms with E-state index in [1.54, 1.807) is 0 Å². The molecule has 4 unspecified atom stereocenters. The van der Waals surface area contributed by atoms with Gasteiger partial charge in [-0.1, -0.05) is 0 Å². The predicted molar refractivity (Wildman–Crippen MR) is 47.9 cm³/mol. The summed E-state index contributed by atoms with van der Waals surface area (Å²) >= 11 is 0. The molecule has 0 aliphatic heterocycles. The molecule has 0 amide bonds. The maximum Gasteiger partial charge on any atom is 0.349 e. The molecule has 1 aliphatic rings. The van der Waals surface area contributed by atoms with Crippen LogP contribution >= 0.6 is 0 Å². The molecule has 0 nitrogen and oxygen atoms in total. The first-order valence-corrected chi connectivity index (χ1v) is 5.01. The van der Waals surface area contributed by atoms with E-state index in [0.717, 1.165) is 0 Å². The van der Waals surface area contributed by atoms with Crippen molar-refractivity contribution < 1.29 is 35.1 Å². The Labute approximate surface area is 98.3 Å². The summed E-state index contributed by atoms with van der Waals surface area (Å²) in [6.45, 7) is -0.385. The van der Waals surface area contributed by atoms with Gasteiger partial charge < -0.3 is 0 Å². The van der Waals surface area contributed by atoms with Gasteiger partial charge in [0.25, 0.3) is 0 Å². The van der Waals surface area contributed by atoms with Crippen molar-refractivity contribution in [2.75, 3.05) is 0 Å². The van der Waals surface area contributed by atoms with Crippen molar-refractivity contribution in [3.8, 4) is 0 Å². The lowest BCUT2D eigenvalue weighted by Gasteiger charge is -2.58. The fourth-order valence-corrected chi connectivity index (χ4v) is 2.06. The van der Waals surface area contributed by atoms with Crippen molar-refractivity contribution in [1.82, 2.24) is 0 Å². The molecule has 4 atom stereocenters. The van der Waals surface area contributed by atoms with Gasteiger partial charge >= 0.3 is 11.8 Å². The van der Waals surface area contributed by atoms with E-state index >= 15 is 0 Å². The largest absolute Gasteiger partial charge is 0.349 e. The summed E-state index contributed by atoms with van der Waals surface area (Å²) < 4.78 is 109. The maximum atomic E-state index is 14.0. The van der Waals surface area contributed by atoms with E-state index in [9.17, 15) is 35.1 Å². The molecular formula is C10H12F8. The normalized spacial score (nSPS) is 55.3. The molecule has 0 heterocycles. The Morgan fingerprint density at radius 2 is 0.556 bits per heavy atom. The molecule has 108 valence electrons. The summed E-state index contributed by atoms with van der Waals surface area (Å²) in [6, 6.07) is 0. The smallest absolute Gasteiger partial charge is 0.237 e. The molecule has 0 radical (unpaired) electrons. The Hall–Kier alpha value is -0.560. The van der Waals surface area contributed by atoms with Crippen LogP contribution in [0, 0.1) is 0 Å². The molecule has 8 heteroatoms. The van der Waals surface area contributed by atoms with Gasteiger partial charge in [-0.2, -0.15) is 17.6 Å². The van der Waals surface area contributed by atoms with Crippen LogP contribution in [0.2, 0.25) is 0 Å². The van der Waals surface area contributed by atoms with Gasteiger partial charge in [-0.15, -0.1) is 0 Å². The van der Waals surface area contributed by atoms with Crippen molar-refractivity contribution in [1.29, 1.82) is 0 Å². The Morgan fingerprint density at radius 3 is 0.722 bits per heavy atom. The van der Waals surface area contributed by atoms with E-state index < -0.39 is 34.5 Å². The molecule has 18 heavy (non-hydrogen) atoms. The number of hydrogen-bond donors (Lipinski definition) is 0. The van der Waals surface area contributed by atoms with Gasteiger partial charge in [0.2, 0.25) is 11.3 Å². The van der Waals surface area contributed by atoms with Crippen molar-refractivity contribution in [3.63, 3.8) is 0 Å². The van der Waals surface area contributed by atoms with Crippen LogP contribution in [0.4, 0.5) is 35.1 Å². The predicted octanol–water partition coefficient (Wildman–Crippen LogP) is 4.18. The molecule has 0 bridgehead atoms. The van der Waals surface area contributed by atoms with Crippen LogP contribution in [0.1, 0.15) is 27.7 Å². The fraction of sp³-hybridized carbons (Fsp3) is 1.00. The minimum Gasteiger partial charge on any atom is -0.237 e. The first-order chi connectivity index (χ1) is 7.50. The summed E-state index contributed by atoms with van der Waals surface area (Å²) in [5, 5.41) is 0. The average molecular weight is 284 g/mol. The molecule has 1 aliphatic carbocycles. The number of alkyl halides is 8. The van der Waals surface area contributed by atoms with Crippen LogP contribution < -0.4 is 0 Å². The van der Waals surface area contributed by atoms with Gasteiger partial charge in [0, 0.05) is 0 Å². The molecule has 0 spiro atoms. The molecule has 0 N–H and O–H groups in total. The Bertz CT molecular complexity index is 249. The minimum absolute atomic E-state index is 0.00792. The van der Waals surface area contributed by atoms with Crippen LogP contribution in [0.5, 0.6) is 0 Å². The average Bonchev–Trinajstić information content (AvgIpc) is 2.14. The summed E-state index contributed by atoms with van der Waals surface area (Å²) in [5.41, 5.74) is -17.4. The molecule has 0 saturated heterocycles. The topological polar surface area (TPSA) is 0 Å². The van der Waals surface area contributed by atoms with Crippen molar-refractivity contribution in [2.45, 2.75) is 62.2 Å². The van der Waals surface area contributed by atoms with E-state index in [-0.39, 0.29) is 27.7 Å². The van der Waals surface area contributed by atoms with Crippen LogP contribution in [0.3, 0.4) is 0 Å². The third-order valence-corrected chi connectivity index (χ3v) is 4.22. The highest BCUT2D eigenvalue weighted by Crippen LogP contribution is 2.67. The van der Waals surface area contributed by atoms with Gasteiger partial charge in [-0.25, -0.2) is 17.6 Å². The zero-order valence-electron chi connectivity index (χ0n) is 10.0. The highest BCUT2D eigenvalue weighted by Gasteiger charge is 2.92. The van der Waals surface area contributed by atoms with Gasteiger partial charge in [-0.05, 0) is 27.7 Å². The van der Waals surface area contributed by atoms with Gasteiger partial charge in [0.1, 0.15) is 0 Å². The van der Waals surface area contributed by atoms with E-state index in [2.05, 4.69) is 0 Å². The van der Waals surface area contributed by atoms with Gasteiger partial charge in [-0.3, -0.25) is 0 Å². The lowest BCUT2D eigenvalue weighted by Crippen LogP contribution is -2.84. The van der Waals surface area contributed by atoms with Crippen molar-refractivity contribution >= 4 is 0 Å². The zero-order valence-corrected chi connectivity index (χ0v) is 10.0. The van der Waals surface area contributed by atoms with Crippen molar-refractivity contribution in [3.05, 3.63) is 0 Å². The van der Waals surface area contributed by atoms with Crippen LogP contribution in [0.15, 0.2) is 0 Å². The Balaban J connectivity index is 3.72. The minimum atomic E-state index is -5.70. The van der Waals surface area contributed by atoms with E-state index in [4.69, 9.17) is 0 Å². The summed E-state index contributed by atoms with van der Waals surface area (Å²) in [6.07, 6.45) is 0. The summed E-state index contributed by atoms with van der Waals surface area (Å²) in [5.74, 6) is -11.4. The van der Waals surface area contributed by atoms with Crippen LogP contribution in [-0.2, 0) is 0 Å². The zero-order chi connectivity index (χ0) is 15.0. The molecular weight excluding hydrogens is 272 g/mol. The maximum absolute atomic E-state index is 14.0. The molecule has 1 rings (SSSR count). The standard InChI is InChI=1S/C10H12F8/c1-5(11)6(2,12)8(4,14)10(17,18)9(15,16)7(5,3)13/h1-4H3. The second-order valence-electron chi connectivity index (χ2n) is 5.16. The molecule has 1 fully saturated rings. The number of halogens is 8. The van der Waals surface area contributed by atoms with E-state index in [1.165, 1.54) is 0 Å². The van der Waals surface area contributed by atoms with Gasteiger partial charge in [0.05, 0.1) is 0 Å². The first kappa shape index (κ1) is 15.5. The Kier molecular flexibility index (Phi) is 2.69. The highest BCUT2D eigenvalue weighted by atomic mass is 19.3. The molecule has 0 aromatic carbocycles. The van der Waals surface area contributed by atoms with Crippen LogP contribution in [0.25, 0.3) is 0 Å². The second kappa shape index (κ2) is 3.12. The SMILES string of the molecule is CC1(F)C(C)(F)C(C)(F)C(F)(F)C(F)(F)C1(C)F. The monoisotopic (exact) mass is 284 g/mol.